The van der Waals surface area contributed by atoms with Gasteiger partial charge < -0.3 is 7.43 Å². The Morgan fingerprint density at radius 3 is 1.85 bits per heavy atom. The monoisotopic (exact) mass is 670 g/mol. The summed E-state index contributed by atoms with van der Waals surface area (Å²) in [7, 11) is 0. The topological polar surface area (TPSA) is 17.1 Å². The van der Waals surface area contributed by atoms with Crippen LogP contribution in [0, 0.1) is 13.5 Å². The Kier molecular flexibility index (Phi) is 48.2. The molecule has 0 saturated heterocycles. The van der Waals surface area contributed by atoms with E-state index in [4.69, 9.17) is 0 Å². The smallest absolute Gasteiger partial charge is 0.358 e. The number of hydrogen-bond donors (Lipinski definition) is 0. The Bertz CT molecular complexity index is 411. The molecule has 1 nitrogen and oxygen atoms in total. The van der Waals surface area contributed by atoms with Gasteiger partial charge in [0.25, 0.3) is 0 Å². The van der Waals surface area contributed by atoms with Crippen molar-refractivity contribution in [2.45, 2.75) is 0 Å². The van der Waals surface area contributed by atoms with Gasteiger partial charge in [0.2, 0.25) is 0 Å². The number of carbonyl (C=O) groups excluding carboxylic acids is 1. The molecule has 1 heterocycles. The van der Waals surface area contributed by atoms with Crippen LogP contribution in [-0.2, 0) is 164 Å². The van der Waals surface area contributed by atoms with Gasteiger partial charge in [-0.15, -0.1) is 11.3 Å². The SMILES string of the molecule is O=C(c1cc[c-]cc1)c1cccs1.[CH3-].[Na+].[Y].[Y].[Y].[Y].[Y]. The van der Waals surface area contributed by atoms with Gasteiger partial charge in [-0.05, 0) is 11.4 Å². The second kappa shape index (κ2) is 24.1. The minimum Gasteiger partial charge on any atom is -0.358 e. The molecule has 2 aromatic rings. The first-order chi connectivity index (χ1) is 6.38. The first-order valence-electron chi connectivity index (χ1n) is 3.92. The van der Waals surface area contributed by atoms with Crippen molar-refractivity contribution in [1.29, 1.82) is 0 Å². The quantitative estimate of drug-likeness (QED) is 0.255. The van der Waals surface area contributed by atoms with Gasteiger partial charge in [-0.1, -0.05) is 11.6 Å². The summed E-state index contributed by atoms with van der Waals surface area (Å²) in [6, 6.07) is 13.7. The fourth-order valence-electron chi connectivity index (χ4n) is 1.09. The van der Waals surface area contributed by atoms with Crippen molar-refractivity contribution in [3.63, 3.8) is 0 Å². The Labute approximate surface area is 273 Å². The van der Waals surface area contributed by atoms with Gasteiger partial charge in [0, 0.05) is 164 Å². The van der Waals surface area contributed by atoms with Crippen LogP contribution < -0.4 is 29.6 Å². The molecule has 5 radical (unpaired) electrons. The number of thiophene rings is 1. The molecule has 0 aliphatic heterocycles. The van der Waals surface area contributed by atoms with E-state index in [0.717, 1.165) is 10.4 Å². The van der Waals surface area contributed by atoms with Crippen LogP contribution in [0.3, 0.4) is 0 Å². The molecule has 0 N–H and O–H groups in total. The molecule has 0 spiro atoms. The maximum atomic E-state index is 11.7. The van der Waals surface area contributed by atoms with Crippen molar-refractivity contribution in [2.24, 2.45) is 0 Å². The van der Waals surface area contributed by atoms with Crippen LogP contribution in [0.5, 0.6) is 0 Å². The standard InChI is InChI=1S/C11H7OS.CH3.Na.5Y/c12-11(10-7-4-8-13-10)9-5-2-1-3-6-9;;;;;;;/h2-8H;1H3;;;;;;/q2*-1;+1;;;;;. The summed E-state index contributed by atoms with van der Waals surface area (Å²) in [5.41, 5.74) is 0.723. The fraction of sp³-hybridized carbons (Fsp3) is 0. The van der Waals surface area contributed by atoms with Crippen LogP contribution in [-0.4, -0.2) is 5.78 Å². The van der Waals surface area contributed by atoms with Crippen molar-refractivity contribution in [3.8, 4) is 0 Å². The number of benzene rings is 1. The maximum absolute atomic E-state index is 11.7. The molecule has 87 valence electrons. The first-order valence-corrected chi connectivity index (χ1v) is 4.80. The van der Waals surface area contributed by atoms with Crippen molar-refractivity contribution in [1.82, 2.24) is 0 Å². The zero-order valence-electron chi connectivity index (χ0n) is 11.7. The molecule has 1 aromatic carbocycles. The van der Waals surface area contributed by atoms with E-state index in [1.54, 1.807) is 24.3 Å². The summed E-state index contributed by atoms with van der Waals surface area (Å²) in [5.74, 6) is 0.0870. The molecule has 0 aliphatic rings. The van der Waals surface area contributed by atoms with Gasteiger partial charge in [-0.2, -0.15) is 30.3 Å². The zero-order valence-corrected chi connectivity index (χ0v) is 28.8. The van der Waals surface area contributed by atoms with E-state index in [2.05, 4.69) is 6.07 Å². The van der Waals surface area contributed by atoms with Crippen molar-refractivity contribution >= 4 is 17.1 Å². The minimum atomic E-state index is 0. The van der Waals surface area contributed by atoms with Crippen LogP contribution in [0.25, 0.3) is 0 Å². The fourth-order valence-corrected chi connectivity index (χ4v) is 1.77. The molecular formula is C12H10NaOSY5-. The number of rotatable bonds is 2. The summed E-state index contributed by atoms with van der Waals surface area (Å²) in [6.45, 7) is 0. The second-order valence-corrected chi connectivity index (χ2v) is 3.54. The van der Waals surface area contributed by atoms with Gasteiger partial charge >= 0.3 is 29.6 Å². The van der Waals surface area contributed by atoms with Gasteiger partial charge in [0.1, 0.15) is 0 Å². The molecule has 8 heteroatoms. The summed E-state index contributed by atoms with van der Waals surface area (Å²) >= 11 is 1.47. The van der Waals surface area contributed by atoms with Gasteiger partial charge in [0.05, 0.1) is 4.88 Å². The molecule has 0 unspecified atom stereocenters. The van der Waals surface area contributed by atoms with Crippen molar-refractivity contribution in [2.75, 3.05) is 0 Å². The molecular weight excluding hydrogens is 660 g/mol. The third-order valence-corrected chi connectivity index (χ3v) is 2.59. The van der Waals surface area contributed by atoms with Crippen LogP contribution in [0.4, 0.5) is 0 Å². The van der Waals surface area contributed by atoms with E-state index in [-0.39, 0.29) is 206 Å². The summed E-state index contributed by atoms with van der Waals surface area (Å²) in [6.07, 6.45) is 0. The van der Waals surface area contributed by atoms with E-state index in [1.165, 1.54) is 11.3 Å². The average molecular weight is 670 g/mol. The molecule has 0 bridgehead atoms. The van der Waals surface area contributed by atoms with Crippen molar-refractivity contribution < 1.29 is 198 Å². The molecule has 0 fully saturated rings. The molecule has 1 aromatic heterocycles. The predicted molar refractivity (Wildman–Crippen MR) is 59.4 cm³/mol. The number of ketones is 1. The average Bonchev–Trinajstić information content (AvgIpc) is 2.71. The van der Waals surface area contributed by atoms with Crippen LogP contribution >= 0.6 is 11.3 Å². The molecule has 0 aliphatic carbocycles. The Hall–Kier alpha value is 5.11. The van der Waals surface area contributed by atoms with Crippen LogP contribution in [0.2, 0.25) is 0 Å². The molecule has 2 rings (SSSR count). The van der Waals surface area contributed by atoms with E-state index >= 15 is 0 Å². The number of hydrogen-bond acceptors (Lipinski definition) is 2. The molecule has 0 saturated carbocycles. The second-order valence-electron chi connectivity index (χ2n) is 2.60. The zero-order chi connectivity index (χ0) is 9.10. The van der Waals surface area contributed by atoms with E-state index in [0.29, 0.717) is 0 Å². The Morgan fingerprint density at radius 1 is 0.950 bits per heavy atom. The third kappa shape index (κ3) is 14.3. The summed E-state index contributed by atoms with van der Waals surface area (Å²) in [5, 5.41) is 1.91. The van der Waals surface area contributed by atoms with E-state index < -0.39 is 0 Å². The molecule has 0 amide bonds. The number of carbonyl (C=O) groups is 1. The van der Waals surface area contributed by atoms with Crippen molar-refractivity contribution in [3.05, 3.63) is 65.7 Å². The first kappa shape index (κ1) is 40.0. The van der Waals surface area contributed by atoms with Crippen LogP contribution in [0.15, 0.2) is 41.8 Å². The molecule has 20 heavy (non-hydrogen) atoms. The minimum absolute atomic E-state index is 0. The Balaban J connectivity index is -0.0000000700. The summed E-state index contributed by atoms with van der Waals surface area (Å²) < 4.78 is 0. The normalized spacial score (nSPS) is 6.40. The van der Waals surface area contributed by atoms with Gasteiger partial charge in [-0.25, -0.2) is 0 Å². The predicted octanol–water partition coefficient (Wildman–Crippen LogP) is 0.221. The van der Waals surface area contributed by atoms with Gasteiger partial charge in [0.15, 0.2) is 5.78 Å². The van der Waals surface area contributed by atoms with Gasteiger partial charge in [-0.3, -0.25) is 4.79 Å². The Morgan fingerprint density at radius 2 is 1.45 bits per heavy atom. The largest absolute Gasteiger partial charge is 1.00 e. The third-order valence-electron chi connectivity index (χ3n) is 1.73. The summed E-state index contributed by atoms with van der Waals surface area (Å²) in [4.78, 5) is 12.5. The molecule has 0 atom stereocenters. The van der Waals surface area contributed by atoms with E-state index in [9.17, 15) is 4.79 Å². The maximum Gasteiger partial charge on any atom is 1.00 e. The van der Waals surface area contributed by atoms with E-state index in [1.807, 2.05) is 17.5 Å². The van der Waals surface area contributed by atoms with Crippen LogP contribution in [0.1, 0.15) is 15.2 Å².